The van der Waals surface area contributed by atoms with Crippen LogP contribution in [0.1, 0.15) is 18.0 Å². The normalized spacial score (nSPS) is 22.1. The van der Waals surface area contributed by atoms with Gasteiger partial charge in [0.2, 0.25) is 5.91 Å². The van der Waals surface area contributed by atoms with Gasteiger partial charge in [-0.15, -0.1) is 0 Å². The molecule has 0 aromatic heterocycles. The fraction of sp³-hybridized carbons (Fsp3) is 0.278. The van der Waals surface area contributed by atoms with Gasteiger partial charge in [0, 0.05) is 24.8 Å². The van der Waals surface area contributed by atoms with E-state index in [0.29, 0.717) is 11.4 Å². The van der Waals surface area contributed by atoms with Crippen molar-refractivity contribution in [2.75, 3.05) is 19.5 Å². The molecule has 0 saturated carbocycles. The van der Waals surface area contributed by atoms with Crippen LogP contribution in [0.25, 0.3) is 0 Å². The van der Waals surface area contributed by atoms with Gasteiger partial charge >= 0.3 is 0 Å². The number of benzene rings is 2. The molecule has 0 bridgehead atoms. The third-order valence-corrected chi connectivity index (χ3v) is 6.10. The number of anilines is 1. The number of methoxy groups -OCH3 is 1. The van der Waals surface area contributed by atoms with Gasteiger partial charge in [0.25, 0.3) is 10.2 Å². The van der Waals surface area contributed by atoms with Crippen LogP contribution >= 0.6 is 0 Å². The second-order valence-corrected chi connectivity index (χ2v) is 8.02. The quantitative estimate of drug-likeness (QED) is 0.734. The Morgan fingerprint density at radius 1 is 1.26 bits per heavy atom. The third kappa shape index (κ3) is 4.21. The van der Waals surface area contributed by atoms with Crippen molar-refractivity contribution in [1.82, 2.24) is 9.03 Å². The molecular formula is C18H21N3O5S. The molecule has 1 saturated heterocycles. The molecule has 3 rings (SSSR count). The van der Waals surface area contributed by atoms with Gasteiger partial charge in [-0.05, 0) is 36.2 Å². The van der Waals surface area contributed by atoms with Gasteiger partial charge in [0.1, 0.15) is 17.5 Å². The topological polar surface area (TPSA) is 108 Å². The zero-order valence-electron chi connectivity index (χ0n) is 14.9. The lowest BCUT2D eigenvalue weighted by Gasteiger charge is -2.36. The summed E-state index contributed by atoms with van der Waals surface area (Å²) in [6, 6.07) is 11.7. The van der Waals surface area contributed by atoms with E-state index in [0.717, 1.165) is 9.87 Å². The highest BCUT2D eigenvalue weighted by Gasteiger charge is 2.40. The Morgan fingerprint density at radius 2 is 1.96 bits per heavy atom. The van der Waals surface area contributed by atoms with Crippen LogP contribution in [-0.2, 0) is 15.0 Å². The lowest BCUT2D eigenvalue weighted by atomic mass is 9.99. The number of amides is 1. The van der Waals surface area contributed by atoms with Crippen LogP contribution in [0.15, 0.2) is 48.5 Å². The number of phenolic OH excluding ortho intramolecular Hbond substituents is 1. The molecule has 0 spiro atoms. The molecule has 1 aliphatic heterocycles. The number of hydrogen-bond acceptors (Lipinski definition) is 5. The van der Waals surface area contributed by atoms with Gasteiger partial charge in [-0.25, -0.2) is 0 Å². The van der Waals surface area contributed by atoms with Crippen molar-refractivity contribution in [1.29, 1.82) is 0 Å². The van der Waals surface area contributed by atoms with Crippen molar-refractivity contribution in [3.8, 4) is 11.5 Å². The van der Waals surface area contributed by atoms with Crippen molar-refractivity contribution >= 4 is 21.8 Å². The highest BCUT2D eigenvalue weighted by Crippen LogP contribution is 2.29. The minimum absolute atomic E-state index is 0.00944. The lowest BCUT2D eigenvalue weighted by Crippen LogP contribution is -2.55. The van der Waals surface area contributed by atoms with E-state index in [9.17, 15) is 18.3 Å². The van der Waals surface area contributed by atoms with E-state index in [1.165, 1.54) is 19.2 Å². The molecule has 3 N–H and O–H groups in total. The van der Waals surface area contributed by atoms with E-state index in [1.807, 2.05) is 0 Å². The van der Waals surface area contributed by atoms with Crippen LogP contribution in [0.2, 0.25) is 0 Å². The molecular weight excluding hydrogens is 370 g/mol. The SMILES string of the molecule is COc1ccc([C@@H]2C[C@H](C(=O)Nc3cccc(O)c3)N(C)S(=O)(=O)N2)cc1. The zero-order chi connectivity index (χ0) is 19.6. The van der Waals surface area contributed by atoms with Gasteiger partial charge in [0.05, 0.1) is 7.11 Å². The first-order valence-electron chi connectivity index (χ1n) is 8.29. The molecule has 2 aromatic carbocycles. The molecule has 1 fully saturated rings. The molecule has 144 valence electrons. The summed E-state index contributed by atoms with van der Waals surface area (Å²) >= 11 is 0. The molecule has 1 heterocycles. The summed E-state index contributed by atoms with van der Waals surface area (Å²) in [6.45, 7) is 0. The number of rotatable bonds is 4. The van der Waals surface area contributed by atoms with Crippen molar-refractivity contribution in [2.24, 2.45) is 0 Å². The highest BCUT2D eigenvalue weighted by molar-refractivity contribution is 7.87. The molecule has 9 heteroatoms. The molecule has 0 unspecified atom stereocenters. The molecule has 1 aliphatic rings. The standard InChI is InChI=1S/C18H21N3O5S/c1-21-17(18(23)19-13-4-3-5-14(22)10-13)11-16(20-27(21,24)25)12-6-8-15(26-2)9-7-12/h3-10,16-17,20,22H,11H2,1-2H3,(H,19,23)/t16-,17+/m0/s1. The Balaban J connectivity index is 1.83. The fourth-order valence-corrected chi connectivity index (χ4v) is 4.25. The van der Waals surface area contributed by atoms with Crippen LogP contribution in [0.4, 0.5) is 5.69 Å². The average molecular weight is 391 g/mol. The Kier molecular flexibility index (Phi) is 5.36. The van der Waals surface area contributed by atoms with Crippen molar-refractivity contribution in [3.05, 3.63) is 54.1 Å². The molecule has 1 amide bonds. The maximum Gasteiger partial charge on any atom is 0.280 e. The summed E-state index contributed by atoms with van der Waals surface area (Å²) in [5, 5.41) is 12.2. The summed E-state index contributed by atoms with van der Waals surface area (Å²) in [6.07, 6.45) is 0.257. The minimum Gasteiger partial charge on any atom is -0.508 e. The lowest BCUT2D eigenvalue weighted by molar-refractivity contribution is -0.120. The summed E-state index contributed by atoms with van der Waals surface area (Å²) < 4.78 is 33.7. The number of nitrogens with one attached hydrogen (secondary N) is 2. The van der Waals surface area contributed by atoms with Crippen LogP contribution < -0.4 is 14.8 Å². The van der Waals surface area contributed by atoms with E-state index < -0.39 is 28.2 Å². The first kappa shape index (κ1) is 19.2. The molecule has 0 radical (unpaired) electrons. The van der Waals surface area contributed by atoms with Crippen LogP contribution in [0.5, 0.6) is 11.5 Å². The number of hydrogen-bond donors (Lipinski definition) is 3. The maximum absolute atomic E-state index is 12.7. The minimum atomic E-state index is -3.83. The Morgan fingerprint density at radius 3 is 2.59 bits per heavy atom. The molecule has 2 aromatic rings. The van der Waals surface area contributed by atoms with Gasteiger partial charge in [-0.2, -0.15) is 17.4 Å². The Hall–Kier alpha value is -2.62. The van der Waals surface area contributed by atoms with E-state index in [2.05, 4.69) is 10.0 Å². The second kappa shape index (κ2) is 7.55. The first-order valence-corrected chi connectivity index (χ1v) is 9.73. The fourth-order valence-electron chi connectivity index (χ4n) is 2.97. The predicted octanol–water partition coefficient (Wildman–Crippen LogP) is 1.62. The Bertz CT molecular complexity index is 930. The largest absolute Gasteiger partial charge is 0.508 e. The van der Waals surface area contributed by atoms with E-state index in [-0.39, 0.29) is 12.2 Å². The maximum atomic E-state index is 12.7. The molecule has 8 nitrogen and oxygen atoms in total. The third-order valence-electron chi connectivity index (χ3n) is 4.50. The summed E-state index contributed by atoms with van der Waals surface area (Å²) in [7, 11) is -0.916. The number of nitrogens with zero attached hydrogens (tertiary/aromatic N) is 1. The smallest absolute Gasteiger partial charge is 0.280 e. The van der Waals surface area contributed by atoms with Crippen molar-refractivity contribution in [2.45, 2.75) is 18.5 Å². The van der Waals surface area contributed by atoms with Crippen LogP contribution in [0.3, 0.4) is 0 Å². The van der Waals surface area contributed by atoms with Gasteiger partial charge < -0.3 is 15.2 Å². The average Bonchev–Trinajstić information content (AvgIpc) is 2.63. The van der Waals surface area contributed by atoms with E-state index >= 15 is 0 Å². The first-order chi connectivity index (χ1) is 12.8. The Labute approximate surface area is 157 Å². The second-order valence-electron chi connectivity index (χ2n) is 6.26. The number of carbonyl (C=O) groups excluding carboxylic acids is 1. The predicted molar refractivity (Wildman–Crippen MR) is 101 cm³/mol. The number of carbonyl (C=O) groups is 1. The molecule has 0 aliphatic carbocycles. The summed E-state index contributed by atoms with van der Waals surface area (Å²) in [5.41, 5.74) is 1.13. The molecule has 2 atom stereocenters. The van der Waals surface area contributed by atoms with Crippen molar-refractivity contribution in [3.63, 3.8) is 0 Å². The van der Waals surface area contributed by atoms with Gasteiger partial charge in [-0.3, -0.25) is 4.79 Å². The number of ether oxygens (including phenoxy) is 1. The van der Waals surface area contributed by atoms with Crippen LogP contribution in [0, 0.1) is 0 Å². The summed E-state index contributed by atoms with van der Waals surface area (Å²) in [4.78, 5) is 12.7. The molecule has 27 heavy (non-hydrogen) atoms. The van der Waals surface area contributed by atoms with Crippen LogP contribution in [-0.4, -0.2) is 43.9 Å². The summed E-state index contributed by atoms with van der Waals surface area (Å²) in [5.74, 6) is 0.203. The monoisotopic (exact) mass is 391 g/mol. The number of phenols is 1. The van der Waals surface area contributed by atoms with Gasteiger partial charge in [-0.1, -0.05) is 18.2 Å². The van der Waals surface area contributed by atoms with Gasteiger partial charge in [0.15, 0.2) is 0 Å². The van der Waals surface area contributed by atoms with E-state index in [1.54, 1.807) is 43.5 Å². The highest BCUT2D eigenvalue weighted by atomic mass is 32.2. The number of likely N-dealkylation sites (N-methyl/N-ethyl adjacent to an activating group) is 1. The van der Waals surface area contributed by atoms with E-state index in [4.69, 9.17) is 4.74 Å². The number of aromatic hydroxyl groups is 1. The zero-order valence-corrected chi connectivity index (χ0v) is 15.7. The van der Waals surface area contributed by atoms with Crippen molar-refractivity contribution < 1.29 is 23.1 Å².